The summed E-state index contributed by atoms with van der Waals surface area (Å²) in [7, 11) is -2.30. The first-order chi connectivity index (χ1) is 15.5. The highest BCUT2D eigenvalue weighted by molar-refractivity contribution is 7.70. The molecule has 1 aromatic heterocycles. The van der Waals surface area contributed by atoms with Crippen LogP contribution in [0.15, 0.2) is 97.1 Å². The van der Waals surface area contributed by atoms with Crippen molar-refractivity contribution >= 4 is 55.8 Å². The van der Waals surface area contributed by atoms with Crippen LogP contribution in [0.1, 0.15) is 0 Å². The molecule has 32 heavy (non-hydrogen) atoms. The first-order valence-electron chi connectivity index (χ1n) is 10.8. The van der Waals surface area contributed by atoms with Gasteiger partial charge in [-0.2, -0.15) is 0 Å². The lowest BCUT2D eigenvalue weighted by Gasteiger charge is -2.15. The van der Waals surface area contributed by atoms with Crippen molar-refractivity contribution in [1.82, 2.24) is 4.98 Å². The maximum atomic E-state index is 12.6. The number of hydrogen-bond donors (Lipinski definition) is 0. The Balaban J connectivity index is 1.80. The Bertz CT molecular complexity index is 1620. The molecule has 1 heterocycles. The minimum absolute atomic E-state index is 0.903. The number of nitrogens with zero attached hydrogens (tertiary/aromatic N) is 1. The van der Waals surface area contributed by atoms with Crippen molar-refractivity contribution in [3.63, 3.8) is 0 Å². The molecule has 5 aromatic carbocycles. The third kappa shape index (κ3) is 2.95. The molecule has 0 saturated carbocycles. The van der Waals surface area contributed by atoms with E-state index in [4.69, 9.17) is 4.98 Å². The van der Waals surface area contributed by atoms with E-state index in [-0.39, 0.29) is 0 Å². The van der Waals surface area contributed by atoms with Gasteiger partial charge in [-0.1, -0.05) is 97.1 Å². The van der Waals surface area contributed by atoms with Gasteiger partial charge in [0.15, 0.2) is 0 Å². The minimum Gasteiger partial charge on any atom is -0.319 e. The van der Waals surface area contributed by atoms with Crippen LogP contribution in [0, 0.1) is 0 Å². The zero-order chi connectivity index (χ0) is 21.9. The molecule has 0 aliphatic rings. The van der Waals surface area contributed by atoms with Gasteiger partial charge in [-0.05, 0) is 29.7 Å². The molecule has 0 saturated heterocycles. The van der Waals surface area contributed by atoms with E-state index in [1.807, 2.05) is 25.5 Å². The van der Waals surface area contributed by atoms with E-state index in [0.29, 0.717) is 0 Å². The number of rotatable bonds is 2. The van der Waals surface area contributed by atoms with Gasteiger partial charge < -0.3 is 4.57 Å². The molecule has 0 N–H and O–H groups in total. The van der Waals surface area contributed by atoms with Crippen LogP contribution in [0.3, 0.4) is 0 Å². The molecule has 0 aliphatic carbocycles. The van der Waals surface area contributed by atoms with E-state index in [9.17, 15) is 4.57 Å². The van der Waals surface area contributed by atoms with Crippen molar-refractivity contribution < 1.29 is 4.57 Å². The summed E-state index contributed by atoms with van der Waals surface area (Å²) >= 11 is 0. The van der Waals surface area contributed by atoms with Gasteiger partial charge in [0.05, 0.1) is 11.0 Å². The highest BCUT2D eigenvalue weighted by Gasteiger charge is 2.16. The quantitative estimate of drug-likeness (QED) is 0.160. The van der Waals surface area contributed by atoms with Crippen molar-refractivity contribution in [1.29, 1.82) is 0 Å². The lowest BCUT2D eigenvalue weighted by atomic mass is 9.92. The van der Waals surface area contributed by atoms with Crippen LogP contribution in [-0.2, 0) is 4.57 Å². The van der Waals surface area contributed by atoms with Gasteiger partial charge in [0.25, 0.3) is 0 Å². The topological polar surface area (TPSA) is 30.0 Å². The van der Waals surface area contributed by atoms with Crippen LogP contribution in [0.25, 0.3) is 54.5 Å². The lowest BCUT2D eigenvalue weighted by molar-refractivity contribution is 0.588. The maximum Gasteiger partial charge on any atom is 0.109 e. The summed E-state index contributed by atoms with van der Waals surface area (Å²) in [5.41, 5.74) is 4.32. The SMILES string of the molecule is CP(C)(=O)c1ccc(-c2c3ccc4ccccc4c3nc3c2ccc2ccccc23)cc1. The fraction of sp³-hybridized carbons (Fsp3) is 0.0690. The van der Waals surface area contributed by atoms with E-state index in [2.05, 4.69) is 84.9 Å². The van der Waals surface area contributed by atoms with Crippen molar-refractivity contribution in [3.8, 4) is 11.1 Å². The molecule has 6 aromatic rings. The molecule has 3 heteroatoms. The van der Waals surface area contributed by atoms with Crippen molar-refractivity contribution in [2.24, 2.45) is 0 Å². The van der Waals surface area contributed by atoms with Crippen LogP contribution in [0.4, 0.5) is 0 Å². The lowest BCUT2D eigenvalue weighted by Crippen LogP contribution is -2.01. The van der Waals surface area contributed by atoms with Crippen LogP contribution < -0.4 is 5.30 Å². The standard InChI is InChI=1S/C29H22NOP/c1-32(2,31)22-15-11-21(12-16-22)27-25-17-13-19-7-3-5-9-23(19)28(25)30-29-24-10-6-4-8-20(24)14-18-26(27)29/h3-18H,1-2H3. The van der Waals surface area contributed by atoms with Gasteiger partial charge in [-0.25, -0.2) is 4.98 Å². The Kier molecular flexibility index (Phi) is 4.22. The van der Waals surface area contributed by atoms with Crippen LogP contribution in [0.2, 0.25) is 0 Å². The zero-order valence-corrected chi connectivity index (χ0v) is 18.9. The smallest absolute Gasteiger partial charge is 0.109 e. The summed E-state index contributed by atoms with van der Waals surface area (Å²) in [6.45, 7) is 3.63. The van der Waals surface area contributed by atoms with Gasteiger partial charge in [-0.3, -0.25) is 0 Å². The predicted octanol–water partition coefficient (Wildman–Crippen LogP) is 7.61. The molecular formula is C29H22NOP. The zero-order valence-electron chi connectivity index (χ0n) is 18.0. The van der Waals surface area contributed by atoms with Crippen LogP contribution >= 0.6 is 7.14 Å². The number of fused-ring (bicyclic) bond motifs is 6. The molecule has 6 rings (SSSR count). The highest BCUT2D eigenvalue weighted by atomic mass is 31.2. The van der Waals surface area contributed by atoms with Gasteiger partial charge in [0.1, 0.15) is 7.14 Å². The molecule has 154 valence electrons. The third-order valence-electron chi connectivity index (χ3n) is 6.34. The Morgan fingerprint density at radius 1 is 0.562 bits per heavy atom. The molecule has 0 unspecified atom stereocenters. The summed E-state index contributed by atoms with van der Waals surface area (Å²) in [5.74, 6) is 0. The number of aromatic nitrogens is 1. The Morgan fingerprint density at radius 3 is 1.56 bits per heavy atom. The molecule has 0 radical (unpaired) electrons. The van der Waals surface area contributed by atoms with Crippen molar-refractivity contribution in [3.05, 3.63) is 97.1 Å². The number of benzene rings is 5. The van der Waals surface area contributed by atoms with E-state index >= 15 is 0 Å². The van der Waals surface area contributed by atoms with E-state index in [1.165, 1.54) is 16.3 Å². The number of hydrogen-bond acceptors (Lipinski definition) is 2. The molecular weight excluding hydrogens is 409 g/mol. The van der Waals surface area contributed by atoms with E-state index in [1.54, 1.807) is 0 Å². The first-order valence-corrected chi connectivity index (χ1v) is 13.4. The second kappa shape index (κ2) is 7.02. The van der Waals surface area contributed by atoms with Gasteiger partial charge in [0.2, 0.25) is 0 Å². The Hall–Kier alpha value is -3.48. The van der Waals surface area contributed by atoms with Gasteiger partial charge in [-0.15, -0.1) is 0 Å². The second-order valence-corrected chi connectivity index (χ2v) is 12.0. The van der Waals surface area contributed by atoms with Crippen molar-refractivity contribution in [2.75, 3.05) is 13.3 Å². The molecule has 0 atom stereocenters. The largest absolute Gasteiger partial charge is 0.319 e. The predicted molar refractivity (Wildman–Crippen MR) is 139 cm³/mol. The monoisotopic (exact) mass is 431 g/mol. The summed E-state index contributed by atoms with van der Waals surface area (Å²) in [5, 5.41) is 7.86. The summed E-state index contributed by atoms with van der Waals surface area (Å²) in [4.78, 5) is 5.23. The Labute approximate surface area is 186 Å². The van der Waals surface area contributed by atoms with Gasteiger partial charge >= 0.3 is 0 Å². The minimum atomic E-state index is -2.30. The molecule has 0 spiro atoms. The molecule has 2 nitrogen and oxygen atoms in total. The second-order valence-electron chi connectivity index (χ2n) is 8.75. The van der Waals surface area contributed by atoms with Crippen molar-refractivity contribution in [2.45, 2.75) is 0 Å². The average Bonchev–Trinajstić information content (AvgIpc) is 2.82. The average molecular weight is 431 g/mol. The fourth-order valence-corrected chi connectivity index (χ4v) is 5.58. The normalized spacial score (nSPS) is 12.2. The molecule has 0 aliphatic heterocycles. The Morgan fingerprint density at radius 2 is 1.06 bits per heavy atom. The van der Waals surface area contributed by atoms with E-state index in [0.717, 1.165) is 43.4 Å². The molecule has 0 amide bonds. The van der Waals surface area contributed by atoms with Crippen LogP contribution in [-0.4, -0.2) is 18.3 Å². The summed E-state index contributed by atoms with van der Waals surface area (Å²) < 4.78 is 12.6. The molecule has 0 fully saturated rings. The fourth-order valence-electron chi connectivity index (χ4n) is 4.71. The number of pyridine rings is 1. The van der Waals surface area contributed by atoms with Crippen LogP contribution in [0.5, 0.6) is 0 Å². The first kappa shape index (κ1) is 19.2. The highest BCUT2D eigenvalue weighted by Crippen LogP contribution is 2.40. The third-order valence-corrected chi connectivity index (χ3v) is 7.88. The maximum absolute atomic E-state index is 12.6. The summed E-state index contributed by atoms with van der Waals surface area (Å²) in [6, 6.07) is 33.8. The van der Waals surface area contributed by atoms with Gasteiger partial charge in [0, 0.05) is 32.4 Å². The summed E-state index contributed by atoms with van der Waals surface area (Å²) in [6.07, 6.45) is 0. The van der Waals surface area contributed by atoms with E-state index < -0.39 is 7.14 Å². The molecule has 0 bridgehead atoms.